The zero-order chi connectivity index (χ0) is 20.6. The van der Waals surface area contributed by atoms with E-state index < -0.39 is 0 Å². The number of hydrogen-bond donors (Lipinski definition) is 0. The van der Waals surface area contributed by atoms with E-state index in [1.807, 2.05) is 24.3 Å². The third-order valence-electron chi connectivity index (χ3n) is 4.15. The summed E-state index contributed by atoms with van der Waals surface area (Å²) in [5, 5.41) is 40.7. The summed E-state index contributed by atoms with van der Waals surface area (Å²) in [5.74, 6) is 0. The molecule has 0 spiro atoms. The fourth-order valence-corrected chi connectivity index (χ4v) is 3.68. The van der Waals surface area contributed by atoms with Crippen molar-refractivity contribution < 1.29 is 0 Å². The molecule has 8 heteroatoms. The van der Waals surface area contributed by atoms with Crippen LogP contribution in [0.15, 0.2) is 24.3 Å². The van der Waals surface area contributed by atoms with Gasteiger partial charge in [-0.15, -0.1) is 0 Å². The SMILES string of the molecule is N#CC(C#N)=c1c2cc(Cl)c(Cl)cc2c(=C(C#N)C#N)c2cc(Cl)c(Cl)cc12. The molecule has 3 aromatic carbocycles. The molecule has 0 bridgehead atoms. The minimum Gasteiger partial charge on any atom is -0.192 e. The summed E-state index contributed by atoms with van der Waals surface area (Å²) in [6.07, 6.45) is 0. The molecule has 3 aromatic rings. The highest BCUT2D eigenvalue weighted by Crippen LogP contribution is 2.30. The zero-order valence-electron chi connectivity index (χ0n) is 13.6. The van der Waals surface area contributed by atoms with Gasteiger partial charge in [-0.1, -0.05) is 46.4 Å². The molecule has 0 aromatic heterocycles. The fourth-order valence-electron chi connectivity index (χ4n) is 3.02. The lowest BCUT2D eigenvalue weighted by Crippen LogP contribution is -2.18. The molecule has 0 aliphatic heterocycles. The van der Waals surface area contributed by atoms with Gasteiger partial charge in [0.2, 0.25) is 0 Å². The number of fused-ring (bicyclic) bond motifs is 2. The van der Waals surface area contributed by atoms with Gasteiger partial charge in [-0.3, -0.25) is 0 Å². The first-order chi connectivity index (χ1) is 13.4. The maximum atomic E-state index is 9.48. The highest BCUT2D eigenvalue weighted by Gasteiger charge is 2.16. The lowest BCUT2D eigenvalue weighted by Gasteiger charge is -2.11. The minimum absolute atomic E-state index is 0.186. The summed E-state index contributed by atoms with van der Waals surface area (Å²) in [7, 11) is 0. The number of halogens is 4. The second-order valence-electron chi connectivity index (χ2n) is 5.57. The van der Waals surface area contributed by atoms with Crippen molar-refractivity contribution in [2.45, 2.75) is 0 Å². The number of hydrogen-bond acceptors (Lipinski definition) is 4. The standard InChI is InChI=1S/C20H4Cl4N4/c21-15-1-11-12(2-16(15)22)20(10(7-27)8-28)14-4-18(24)17(23)3-13(14)19(11)9(5-25)6-26/h1-4H. The lowest BCUT2D eigenvalue weighted by atomic mass is 9.93. The number of benzene rings is 3. The summed E-state index contributed by atoms with van der Waals surface area (Å²) in [6.45, 7) is 0. The van der Waals surface area contributed by atoms with Gasteiger partial charge in [0, 0.05) is 10.4 Å². The normalized spacial score (nSPS) is 10.0. The van der Waals surface area contributed by atoms with E-state index in [9.17, 15) is 21.0 Å². The molecule has 0 saturated heterocycles. The van der Waals surface area contributed by atoms with Crippen molar-refractivity contribution in [1.29, 1.82) is 21.0 Å². The van der Waals surface area contributed by atoms with Gasteiger partial charge >= 0.3 is 0 Å². The van der Waals surface area contributed by atoms with Gasteiger partial charge in [-0.2, -0.15) is 21.0 Å². The van der Waals surface area contributed by atoms with Gasteiger partial charge in [-0.25, -0.2) is 0 Å². The van der Waals surface area contributed by atoms with Crippen molar-refractivity contribution in [2.75, 3.05) is 0 Å². The van der Waals surface area contributed by atoms with Crippen LogP contribution < -0.4 is 10.4 Å². The van der Waals surface area contributed by atoms with E-state index in [1.165, 1.54) is 24.3 Å². The number of nitrogens with zero attached hydrogens (tertiary/aromatic N) is 4. The van der Waals surface area contributed by atoms with Crippen LogP contribution in [0.2, 0.25) is 20.1 Å². The van der Waals surface area contributed by atoms with E-state index in [0.717, 1.165) is 0 Å². The molecule has 0 unspecified atom stereocenters. The van der Waals surface area contributed by atoms with Crippen LogP contribution in [0, 0.1) is 45.3 Å². The van der Waals surface area contributed by atoms with Crippen molar-refractivity contribution in [2.24, 2.45) is 0 Å². The molecule has 0 N–H and O–H groups in total. The van der Waals surface area contributed by atoms with Crippen LogP contribution in [-0.2, 0) is 0 Å². The van der Waals surface area contributed by atoms with Crippen molar-refractivity contribution >= 4 is 79.1 Å². The smallest absolute Gasteiger partial charge is 0.138 e. The molecule has 28 heavy (non-hydrogen) atoms. The molecule has 0 radical (unpaired) electrons. The average molecular weight is 442 g/mol. The summed E-state index contributed by atoms with van der Waals surface area (Å²) >= 11 is 24.7. The monoisotopic (exact) mass is 440 g/mol. The highest BCUT2D eigenvalue weighted by molar-refractivity contribution is 6.44. The molecule has 0 saturated carbocycles. The predicted octanol–water partition coefficient (Wildman–Crippen LogP) is 5.00. The van der Waals surface area contributed by atoms with Crippen molar-refractivity contribution in [3.05, 3.63) is 54.8 Å². The molecule has 3 rings (SSSR count). The fraction of sp³-hybridized carbons (Fsp3) is 0. The van der Waals surface area contributed by atoms with E-state index in [2.05, 4.69) is 0 Å². The Morgan fingerprint density at radius 2 is 0.714 bits per heavy atom. The zero-order valence-corrected chi connectivity index (χ0v) is 16.6. The first-order valence-corrected chi connectivity index (χ1v) is 8.97. The second-order valence-corrected chi connectivity index (χ2v) is 7.20. The maximum Gasteiger partial charge on any atom is 0.138 e. The molecule has 0 atom stereocenters. The molecular formula is C20H4Cl4N4. The molecule has 4 nitrogen and oxygen atoms in total. The van der Waals surface area contributed by atoms with E-state index in [4.69, 9.17) is 46.4 Å². The molecule has 132 valence electrons. The van der Waals surface area contributed by atoms with Gasteiger partial charge < -0.3 is 0 Å². The molecular weight excluding hydrogens is 438 g/mol. The largest absolute Gasteiger partial charge is 0.192 e. The summed E-state index contributed by atoms with van der Waals surface area (Å²) < 4.78 is 0. The number of rotatable bonds is 0. The summed E-state index contributed by atoms with van der Waals surface area (Å²) in [5.41, 5.74) is -0.373. The van der Waals surface area contributed by atoms with Gasteiger partial charge in [0.1, 0.15) is 35.4 Å². The Labute approximate surface area is 178 Å². The topological polar surface area (TPSA) is 95.2 Å². The highest BCUT2D eigenvalue weighted by atomic mass is 35.5. The second kappa shape index (κ2) is 7.58. The van der Waals surface area contributed by atoms with Crippen LogP contribution >= 0.6 is 46.4 Å². The Balaban J connectivity index is 3.01. The average Bonchev–Trinajstić information content (AvgIpc) is 2.68. The predicted molar refractivity (Wildman–Crippen MR) is 110 cm³/mol. The van der Waals surface area contributed by atoms with Crippen LogP contribution in [0.1, 0.15) is 0 Å². The van der Waals surface area contributed by atoms with Crippen LogP contribution in [0.25, 0.3) is 32.7 Å². The van der Waals surface area contributed by atoms with E-state index >= 15 is 0 Å². The van der Waals surface area contributed by atoms with Crippen molar-refractivity contribution in [1.82, 2.24) is 0 Å². The Kier molecular flexibility index (Phi) is 5.36. The molecule has 0 heterocycles. The molecule has 0 fully saturated rings. The van der Waals surface area contributed by atoms with Gasteiger partial charge in [-0.05, 0) is 45.8 Å². The van der Waals surface area contributed by atoms with E-state index in [1.54, 1.807) is 0 Å². The molecule has 0 aliphatic carbocycles. The van der Waals surface area contributed by atoms with Gasteiger partial charge in [0.15, 0.2) is 0 Å². The lowest BCUT2D eigenvalue weighted by molar-refractivity contribution is 1.50. The van der Waals surface area contributed by atoms with Gasteiger partial charge in [0.05, 0.1) is 20.1 Å². The van der Waals surface area contributed by atoms with Crippen molar-refractivity contribution in [3.63, 3.8) is 0 Å². The third kappa shape index (κ3) is 3.00. The minimum atomic E-state index is -0.186. The Hall–Kier alpha value is -2.96. The first kappa shape index (κ1) is 19.8. The van der Waals surface area contributed by atoms with Gasteiger partial charge in [0.25, 0.3) is 0 Å². The van der Waals surface area contributed by atoms with E-state index in [-0.39, 0.29) is 41.7 Å². The van der Waals surface area contributed by atoms with Crippen molar-refractivity contribution in [3.8, 4) is 24.3 Å². The third-order valence-corrected chi connectivity index (χ3v) is 5.59. The quantitative estimate of drug-likeness (QED) is 0.458. The van der Waals surface area contributed by atoms with E-state index in [0.29, 0.717) is 21.5 Å². The first-order valence-electron chi connectivity index (χ1n) is 7.46. The van der Waals surface area contributed by atoms with Crippen LogP contribution in [-0.4, -0.2) is 0 Å². The maximum absolute atomic E-state index is 9.48. The summed E-state index contributed by atoms with van der Waals surface area (Å²) in [6, 6.07) is 13.4. The Morgan fingerprint density at radius 3 is 0.893 bits per heavy atom. The molecule has 0 aliphatic rings. The van der Waals surface area contributed by atoms with Crippen LogP contribution in [0.5, 0.6) is 0 Å². The number of nitriles is 4. The van der Waals surface area contributed by atoms with Crippen LogP contribution in [0.4, 0.5) is 0 Å². The van der Waals surface area contributed by atoms with Crippen LogP contribution in [0.3, 0.4) is 0 Å². The molecule has 0 amide bonds. The Morgan fingerprint density at radius 1 is 0.500 bits per heavy atom. The Bertz CT molecular complexity index is 1270. The summed E-state index contributed by atoms with van der Waals surface area (Å²) in [4.78, 5) is 0.